The van der Waals surface area contributed by atoms with Crippen molar-refractivity contribution in [2.45, 2.75) is 30.4 Å². The van der Waals surface area contributed by atoms with Crippen molar-refractivity contribution >= 4 is 57.7 Å². The summed E-state index contributed by atoms with van der Waals surface area (Å²) < 4.78 is 11.0. The van der Waals surface area contributed by atoms with E-state index in [4.69, 9.17) is 9.47 Å². The van der Waals surface area contributed by atoms with E-state index in [2.05, 4.69) is 20.9 Å². The third kappa shape index (κ3) is 8.95. The highest BCUT2D eigenvalue weighted by molar-refractivity contribution is 8.00. The molecule has 1 aromatic heterocycles. The molecule has 0 aliphatic carbocycles. The Kier molecular flexibility index (Phi) is 11.9. The van der Waals surface area contributed by atoms with Gasteiger partial charge in [-0.25, -0.2) is 4.98 Å². The van der Waals surface area contributed by atoms with Gasteiger partial charge in [0.05, 0.1) is 25.2 Å². The lowest BCUT2D eigenvalue weighted by atomic mass is 10.1. The minimum atomic E-state index is -0.547. The SMILES string of the molecule is CCC(Sc1cccc(NC(=O)/C(=C\c2cccc(OC)c2OC)NC(=O)c2ccccc2)c1)C(=O)Nc1nc(-c2ccccc2)c(C)s1. The van der Waals surface area contributed by atoms with E-state index < -0.39 is 17.1 Å². The van der Waals surface area contributed by atoms with Gasteiger partial charge in [0.25, 0.3) is 11.8 Å². The van der Waals surface area contributed by atoms with Crippen molar-refractivity contribution in [1.82, 2.24) is 10.3 Å². The van der Waals surface area contributed by atoms with Gasteiger partial charge < -0.3 is 25.4 Å². The molecule has 5 aromatic rings. The number of carbonyl (C=O) groups is 3. The summed E-state index contributed by atoms with van der Waals surface area (Å²) in [6.07, 6.45) is 2.11. The monoisotopic (exact) mass is 692 g/mol. The van der Waals surface area contributed by atoms with Gasteiger partial charge in [-0.05, 0) is 55.8 Å². The van der Waals surface area contributed by atoms with Gasteiger partial charge in [0.1, 0.15) is 5.70 Å². The average molecular weight is 693 g/mol. The second-order valence-corrected chi connectivity index (χ2v) is 13.2. The van der Waals surface area contributed by atoms with Crippen LogP contribution in [0.3, 0.4) is 0 Å². The number of thioether (sulfide) groups is 1. The molecule has 1 unspecified atom stereocenters. The number of anilines is 2. The zero-order valence-corrected chi connectivity index (χ0v) is 29.1. The van der Waals surface area contributed by atoms with Crippen molar-refractivity contribution in [3.05, 3.63) is 125 Å². The fourth-order valence-electron chi connectivity index (χ4n) is 4.96. The second kappa shape index (κ2) is 16.6. The molecular formula is C38H36N4O5S2. The maximum atomic E-state index is 13.7. The number of ether oxygens (including phenoxy) is 2. The molecule has 0 aliphatic rings. The van der Waals surface area contributed by atoms with Crippen molar-refractivity contribution in [3.8, 4) is 22.8 Å². The number of amides is 3. The van der Waals surface area contributed by atoms with Crippen LogP contribution in [0, 0.1) is 6.92 Å². The third-order valence-electron chi connectivity index (χ3n) is 7.37. The number of benzene rings is 4. The molecular weight excluding hydrogens is 657 g/mol. The van der Waals surface area contributed by atoms with Crippen LogP contribution in [0.2, 0.25) is 0 Å². The number of hydrogen-bond acceptors (Lipinski definition) is 8. The fraction of sp³-hybridized carbons (Fsp3) is 0.158. The summed E-state index contributed by atoms with van der Waals surface area (Å²) in [5.74, 6) is -0.260. The van der Waals surface area contributed by atoms with Crippen LogP contribution in [0.5, 0.6) is 11.5 Å². The standard InChI is InChI=1S/C38H36N4O5S2/c1-5-32(37(45)42-38-41-33(24(2)48-38)25-14-8-6-9-15-25)49-29-20-13-19-28(23-29)39-36(44)30(40-35(43)26-16-10-7-11-17-26)22-27-18-12-21-31(46-3)34(27)47-4/h6-23,32H,5H2,1-4H3,(H,39,44)(H,40,43)(H,41,42,45)/b30-22+. The summed E-state index contributed by atoms with van der Waals surface area (Å²) in [5, 5.41) is 8.78. The number of nitrogens with one attached hydrogen (secondary N) is 3. The summed E-state index contributed by atoms with van der Waals surface area (Å²) in [6.45, 7) is 3.94. The van der Waals surface area contributed by atoms with E-state index in [0.717, 1.165) is 21.0 Å². The minimum absolute atomic E-state index is 0.00196. The van der Waals surface area contributed by atoms with E-state index in [0.29, 0.717) is 39.9 Å². The first-order valence-corrected chi connectivity index (χ1v) is 17.2. The second-order valence-electron chi connectivity index (χ2n) is 10.7. The normalized spacial score (nSPS) is 11.7. The maximum absolute atomic E-state index is 13.7. The number of hydrogen-bond donors (Lipinski definition) is 3. The van der Waals surface area contributed by atoms with E-state index >= 15 is 0 Å². The predicted octanol–water partition coefficient (Wildman–Crippen LogP) is 8.05. The van der Waals surface area contributed by atoms with Gasteiger partial charge in [0.2, 0.25) is 5.91 Å². The number of aryl methyl sites for hydroxylation is 1. The minimum Gasteiger partial charge on any atom is -0.493 e. The van der Waals surface area contributed by atoms with Gasteiger partial charge >= 0.3 is 0 Å². The van der Waals surface area contributed by atoms with Crippen LogP contribution in [0.25, 0.3) is 17.3 Å². The molecule has 4 aromatic carbocycles. The molecule has 0 saturated carbocycles. The molecule has 250 valence electrons. The molecule has 3 amide bonds. The lowest BCUT2D eigenvalue weighted by Gasteiger charge is -2.15. The molecule has 9 nitrogen and oxygen atoms in total. The third-order valence-corrected chi connectivity index (χ3v) is 9.61. The first-order chi connectivity index (χ1) is 23.8. The van der Waals surface area contributed by atoms with E-state index in [-0.39, 0.29) is 11.6 Å². The molecule has 0 spiro atoms. The summed E-state index contributed by atoms with van der Waals surface area (Å²) in [4.78, 5) is 46.7. The van der Waals surface area contributed by atoms with Crippen LogP contribution < -0.4 is 25.4 Å². The number of thiazole rings is 1. The lowest BCUT2D eigenvalue weighted by molar-refractivity contribution is -0.116. The molecule has 0 bridgehead atoms. The largest absolute Gasteiger partial charge is 0.493 e. The number of rotatable bonds is 13. The smallest absolute Gasteiger partial charge is 0.272 e. The van der Waals surface area contributed by atoms with Gasteiger partial charge in [0, 0.05) is 32.2 Å². The number of nitrogens with zero attached hydrogens (tertiary/aromatic N) is 1. The fourth-order valence-corrected chi connectivity index (χ4v) is 6.81. The van der Waals surface area contributed by atoms with Crippen LogP contribution in [0.4, 0.5) is 10.8 Å². The van der Waals surface area contributed by atoms with Gasteiger partial charge in [-0.3, -0.25) is 14.4 Å². The van der Waals surface area contributed by atoms with Gasteiger partial charge in [-0.1, -0.05) is 73.7 Å². The van der Waals surface area contributed by atoms with E-state index in [1.54, 1.807) is 66.7 Å². The quantitative estimate of drug-likeness (QED) is 0.0844. The molecule has 0 radical (unpaired) electrons. The first kappa shape index (κ1) is 34.9. The summed E-state index contributed by atoms with van der Waals surface area (Å²) in [7, 11) is 3.03. The van der Waals surface area contributed by atoms with Crippen LogP contribution in [-0.2, 0) is 9.59 Å². The van der Waals surface area contributed by atoms with Crippen molar-refractivity contribution in [2.24, 2.45) is 0 Å². The summed E-state index contributed by atoms with van der Waals surface area (Å²) in [5.41, 5.74) is 3.27. The number of methoxy groups -OCH3 is 2. The van der Waals surface area contributed by atoms with Crippen molar-refractivity contribution < 1.29 is 23.9 Å². The molecule has 49 heavy (non-hydrogen) atoms. The lowest BCUT2D eigenvalue weighted by Crippen LogP contribution is -2.30. The molecule has 5 rings (SSSR count). The van der Waals surface area contributed by atoms with Crippen molar-refractivity contribution in [1.29, 1.82) is 0 Å². The molecule has 1 atom stereocenters. The van der Waals surface area contributed by atoms with Crippen LogP contribution >= 0.6 is 23.1 Å². The van der Waals surface area contributed by atoms with Gasteiger partial charge in [-0.15, -0.1) is 23.1 Å². The summed E-state index contributed by atoms with van der Waals surface area (Å²) >= 11 is 2.83. The van der Waals surface area contributed by atoms with Gasteiger partial charge in [0.15, 0.2) is 16.6 Å². The van der Waals surface area contributed by atoms with Crippen molar-refractivity contribution in [2.75, 3.05) is 24.9 Å². The number of para-hydroxylation sites is 1. The molecule has 0 aliphatic heterocycles. The Morgan fingerprint density at radius 3 is 2.29 bits per heavy atom. The zero-order valence-electron chi connectivity index (χ0n) is 27.5. The van der Waals surface area contributed by atoms with Crippen LogP contribution in [0.15, 0.2) is 114 Å². The molecule has 0 fully saturated rings. The highest BCUT2D eigenvalue weighted by Crippen LogP contribution is 2.34. The Balaban J connectivity index is 1.33. The highest BCUT2D eigenvalue weighted by atomic mass is 32.2. The first-order valence-electron chi connectivity index (χ1n) is 15.5. The topological polar surface area (TPSA) is 119 Å². The Hall–Kier alpha value is -5.39. The number of aromatic nitrogens is 1. The molecule has 11 heteroatoms. The van der Waals surface area contributed by atoms with Crippen molar-refractivity contribution in [3.63, 3.8) is 0 Å². The predicted molar refractivity (Wildman–Crippen MR) is 197 cm³/mol. The molecule has 1 heterocycles. The molecule has 0 saturated heterocycles. The Bertz CT molecular complexity index is 1960. The Labute approximate surface area is 293 Å². The maximum Gasteiger partial charge on any atom is 0.272 e. The van der Waals surface area contributed by atoms with Crippen LogP contribution in [-0.4, -0.2) is 42.2 Å². The average Bonchev–Trinajstić information content (AvgIpc) is 3.50. The van der Waals surface area contributed by atoms with Gasteiger partial charge in [-0.2, -0.15) is 0 Å². The summed E-state index contributed by atoms with van der Waals surface area (Å²) in [6, 6.07) is 31.0. The zero-order chi connectivity index (χ0) is 34.8. The van der Waals surface area contributed by atoms with E-state index in [9.17, 15) is 14.4 Å². The van der Waals surface area contributed by atoms with E-state index in [1.165, 1.54) is 43.4 Å². The Morgan fingerprint density at radius 2 is 1.59 bits per heavy atom. The van der Waals surface area contributed by atoms with E-state index in [1.807, 2.05) is 50.2 Å². The highest BCUT2D eigenvalue weighted by Gasteiger charge is 2.22. The molecule has 3 N–H and O–H groups in total. The van der Waals surface area contributed by atoms with Crippen LogP contribution in [0.1, 0.15) is 34.1 Å². The Morgan fingerprint density at radius 1 is 0.878 bits per heavy atom. The number of carbonyl (C=O) groups excluding carboxylic acids is 3.